The highest BCUT2D eigenvalue weighted by atomic mass is 16.3. The van der Waals surface area contributed by atoms with Gasteiger partial charge in [0.2, 0.25) is 0 Å². The zero-order valence-corrected chi connectivity index (χ0v) is 10.4. The van der Waals surface area contributed by atoms with Gasteiger partial charge in [-0.25, -0.2) is 0 Å². The van der Waals surface area contributed by atoms with E-state index in [-0.39, 0.29) is 6.04 Å². The molecule has 90 valence electrons. The lowest BCUT2D eigenvalue weighted by Crippen LogP contribution is -2.20. The molecule has 1 atom stereocenters. The Balaban J connectivity index is 1.98. The molecular weight excluding hydrogens is 214 g/mol. The zero-order chi connectivity index (χ0) is 12.3. The van der Waals surface area contributed by atoms with Gasteiger partial charge in [-0.15, -0.1) is 0 Å². The Morgan fingerprint density at radius 2 is 2.00 bits per heavy atom. The van der Waals surface area contributed by atoms with E-state index in [0.717, 1.165) is 22.9 Å². The fourth-order valence-electron chi connectivity index (χ4n) is 1.77. The summed E-state index contributed by atoms with van der Waals surface area (Å²) in [6.07, 6.45) is 3.43. The SMILES string of the molecule is Cc1ccc(CNC(C)c2nccnc2C)o1. The maximum absolute atomic E-state index is 5.50. The number of hydrogen-bond acceptors (Lipinski definition) is 4. The first-order chi connectivity index (χ1) is 8.16. The van der Waals surface area contributed by atoms with Crippen LogP contribution in [0.3, 0.4) is 0 Å². The van der Waals surface area contributed by atoms with E-state index in [9.17, 15) is 0 Å². The van der Waals surface area contributed by atoms with Crippen molar-refractivity contribution in [2.45, 2.75) is 33.4 Å². The summed E-state index contributed by atoms with van der Waals surface area (Å²) in [5, 5.41) is 3.37. The molecule has 0 aliphatic heterocycles. The molecule has 0 aromatic carbocycles. The monoisotopic (exact) mass is 231 g/mol. The molecule has 0 bridgehead atoms. The van der Waals surface area contributed by atoms with E-state index in [0.29, 0.717) is 6.54 Å². The Morgan fingerprint density at radius 3 is 2.65 bits per heavy atom. The Bertz CT molecular complexity index is 493. The Kier molecular flexibility index (Phi) is 3.54. The second-order valence-corrected chi connectivity index (χ2v) is 4.14. The maximum atomic E-state index is 5.50. The fourth-order valence-corrected chi connectivity index (χ4v) is 1.77. The van der Waals surface area contributed by atoms with Gasteiger partial charge in [0.15, 0.2) is 0 Å². The second-order valence-electron chi connectivity index (χ2n) is 4.14. The molecule has 0 fully saturated rings. The highest BCUT2D eigenvalue weighted by Crippen LogP contribution is 2.13. The molecule has 2 heterocycles. The number of nitrogens with zero attached hydrogens (tertiary/aromatic N) is 2. The summed E-state index contributed by atoms with van der Waals surface area (Å²) in [7, 11) is 0. The molecule has 2 aromatic heterocycles. The van der Waals surface area contributed by atoms with Crippen LogP contribution in [0.5, 0.6) is 0 Å². The van der Waals surface area contributed by atoms with Crippen molar-refractivity contribution in [1.82, 2.24) is 15.3 Å². The molecule has 1 unspecified atom stereocenters. The van der Waals surface area contributed by atoms with Crippen molar-refractivity contribution in [2.24, 2.45) is 0 Å². The third-order valence-corrected chi connectivity index (χ3v) is 2.71. The first-order valence-corrected chi connectivity index (χ1v) is 5.73. The van der Waals surface area contributed by atoms with Crippen molar-refractivity contribution >= 4 is 0 Å². The van der Waals surface area contributed by atoms with Crippen LogP contribution >= 0.6 is 0 Å². The number of nitrogens with one attached hydrogen (secondary N) is 1. The van der Waals surface area contributed by atoms with E-state index in [2.05, 4.69) is 22.2 Å². The van der Waals surface area contributed by atoms with Gasteiger partial charge in [0.05, 0.1) is 17.9 Å². The highest BCUT2D eigenvalue weighted by Gasteiger charge is 2.10. The zero-order valence-electron chi connectivity index (χ0n) is 10.4. The number of aryl methyl sites for hydroxylation is 2. The fraction of sp³-hybridized carbons (Fsp3) is 0.385. The van der Waals surface area contributed by atoms with Crippen LogP contribution in [0.2, 0.25) is 0 Å². The van der Waals surface area contributed by atoms with Crippen molar-refractivity contribution in [3.05, 3.63) is 47.4 Å². The molecule has 4 heteroatoms. The van der Waals surface area contributed by atoms with Crippen LogP contribution in [0.1, 0.15) is 35.9 Å². The molecule has 0 saturated heterocycles. The van der Waals surface area contributed by atoms with E-state index < -0.39 is 0 Å². The first-order valence-electron chi connectivity index (χ1n) is 5.73. The van der Waals surface area contributed by atoms with Crippen molar-refractivity contribution in [1.29, 1.82) is 0 Å². The molecule has 2 aromatic rings. The average molecular weight is 231 g/mol. The van der Waals surface area contributed by atoms with E-state index in [1.54, 1.807) is 12.4 Å². The molecule has 0 aliphatic carbocycles. The van der Waals surface area contributed by atoms with Crippen molar-refractivity contribution in [3.8, 4) is 0 Å². The topological polar surface area (TPSA) is 51.0 Å². The van der Waals surface area contributed by atoms with Gasteiger partial charge in [-0.3, -0.25) is 9.97 Å². The Morgan fingerprint density at radius 1 is 1.24 bits per heavy atom. The summed E-state index contributed by atoms with van der Waals surface area (Å²) in [6.45, 7) is 6.69. The predicted octanol–water partition coefficient (Wildman–Crippen LogP) is 2.54. The smallest absolute Gasteiger partial charge is 0.117 e. The lowest BCUT2D eigenvalue weighted by Gasteiger charge is -2.13. The van der Waals surface area contributed by atoms with Crippen LogP contribution in [0.25, 0.3) is 0 Å². The molecule has 2 rings (SSSR count). The van der Waals surface area contributed by atoms with Gasteiger partial charge in [-0.2, -0.15) is 0 Å². The lowest BCUT2D eigenvalue weighted by atomic mass is 10.2. The Labute approximate surface area is 101 Å². The highest BCUT2D eigenvalue weighted by molar-refractivity contribution is 5.13. The standard InChI is InChI=1S/C13H17N3O/c1-9-4-5-12(17-9)8-16-11(3)13-10(2)14-6-7-15-13/h4-7,11,16H,8H2,1-3H3. The van der Waals surface area contributed by atoms with E-state index in [1.165, 1.54) is 0 Å². The molecule has 0 amide bonds. The van der Waals surface area contributed by atoms with E-state index in [1.807, 2.05) is 26.0 Å². The number of furan rings is 1. The van der Waals surface area contributed by atoms with E-state index >= 15 is 0 Å². The predicted molar refractivity (Wildman–Crippen MR) is 65.5 cm³/mol. The van der Waals surface area contributed by atoms with Gasteiger partial charge in [-0.05, 0) is 32.9 Å². The summed E-state index contributed by atoms with van der Waals surface area (Å²) in [4.78, 5) is 8.57. The normalized spacial score (nSPS) is 12.6. The summed E-state index contributed by atoms with van der Waals surface area (Å²) in [5.74, 6) is 1.88. The van der Waals surface area contributed by atoms with Crippen molar-refractivity contribution in [2.75, 3.05) is 0 Å². The summed E-state index contributed by atoms with van der Waals surface area (Å²) >= 11 is 0. The van der Waals surface area contributed by atoms with Crippen LogP contribution in [0, 0.1) is 13.8 Å². The summed E-state index contributed by atoms with van der Waals surface area (Å²) in [6, 6.07) is 4.11. The third kappa shape index (κ3) is 2.91. The molecule has 1 N–H and O–H groups in total. The number of aromatic nitrogens is 2. The van der Waals surface area contributed by atoms with Gasteiger partial charge in [0.25, 0.3) is 0 Å². The van der Waals surface area contributed by atoms with Crippen molar-refractivity contribution in [3.63, 3.8) is 0 Å². The second kappa shape index (κ2) is 5.10. The van der Waals surface area contributed by atoms with Crippen LogP contribution in [0.4, 0.5) is 0 Å². The number of hydrogen-bond donors (Lipinski definition) is 1. The molecule has 4 nitrogen and oxygen atoms in total. The first kappa shape index (κ1) is 11.8. The average Bonchev–Trinajstić information content (AvgIpc) is 2.73. The molecule has 0 radical (unpaired) electrons. The van der Waals surface area contributed by atoms with Crippen LogP contribution in [0.15, 0.2) is 28.9 Å². The minimum atomic E-state index is 0.161. The van der Waals surface area contributed by atoms with Gasteiger partial charge in [0, 0.05) is 18.4 Å². The summed E-state index contributed by atoms with van der Waals surface area (Å²) < 4.78 is 5.50. The Hall–Kier alpha value is -1.68. The maximum Gasteiger partial charge on any atom is 0.117 e. The van der Waals surface area contributed by atoms with Crippen LogP contribution in [-0.4, -0.2) is 9.97 Å². The minimum Gasteiger partial charge on any atom is -0.465 e. The third-order valence-electron chi connectivity index (χ3n) is 2.71. The number of rotatable bonds is 4. The largest absolute Gasteiger partial charge is 0.465 e. The van der Waals surface area contributed by atoms with Crippen LogP contribution in [-0.2, 0) is 6.54 Å². The van der Waals surface area contributed by atoms with Gasteiger partial charge < -0.3 is 9.73 Å². The van der Waals surface area contributed by atoms with Crippen molar-refractivity contribution < 1.29 is 4.42 Å². The van der Waals surface area contributed by atoms with E-state index in [4.69, 9.17) is 4.42 Å². The quantitative estimate of drug-likeness (QED) is 0.878. The molecular formula is C13H17N3O. The molecule has 17 heavy (non-hydrogen) atoms. The molecule has 0 saturated carbocycles. The van der Waals surface area contributed by atoms with Gasteiger partial charge >= 0.3 is 0 Å². The minimum absolute atomic E-state index is 0.161. The lowest BCUT2D eigenvalue weighted by molar-refractivity contribution is 0.441. The molecule has 0 spiro atoms. The summed E-state index contributed by atoms with van der Waals surface area (Å²) in [5.41, 5.74) is 1.94. The van der Waals surface area contributed by atoms with Gasteiger partial charge in [-0.1, -0.05) is 0 Å². The van der Waals surface area contributed by atoms with Gasteiger partial charge in [0.1, 0.15) is 11.5 Å². The molecule has 0 aliphatic rings. The van der Waals surface area contributed by atoms with Crippen LogP contribution < -0.4 is 5.32 Å².